The average Bonchev–Trinajstić information content (AvgIpc) is 3.27. The quantitative estimate of drug-likeness (QED) is 0.439. The second-order valence-corrected chi connectivity index (χ2v) is 7.09. The number of nitrogens with zero attached hydrogens (tertiary/aromatic N) is 2. The van der Waals surface area contributed by atoms with E-state index in [0.717, 1.165) is 0 Å². The molecule has 1 atom stereocenters. The largest absolute Gasteiger partial charge is 0.497 e. The highest BCUT2D eigenvalue weighted by Crippen LogP contribution is 2.42. The van der Waals surface area contributed by atoms with Crippen molar-refractivity contribution in [3.8, 4) is 17.2 Å². The zero-order valence-electron chi connectivity index (χ0n) is 17.5. The van der Waals surface area contributed by atoms with Crippen molar-refractivity contribution in [3.05, 3.63) is 82.4 Å². The van der Waals surface area contributed by atoms with Gasteiger partial charge in [-0.1, -0.05) is 18.2 Å². The SMILES string of the molecule is COc1ccc(NC(=O)[C@H](c2cc3c(cc2[N+](=O)[O-])OCO3)N(C)c2ccccc2)cc1. The van der Waals surface area contributed by atoms with Crippen LogP contribution < -0.4 is 24.4 Å². The van der Waals surface area contributed by atoms with Crippen molar-refractivity contribution in [2.24, 2.45) is 0 Å². The lowest BCUT2D eigenvalue weighted by molar-refractivity contribution is -0.385. The van der Waals surface area contributed by atoms with Gasteiger partial charge in [-0.3, -0.25) is 14.9 Å². The molecule has 3 aromatic carbocycles. The molecule has 1 aliphatic heterocycles. The summed E-state index contributed by atoms with van der Waals surface area (Å²) in [5.74, 6) is 0.835. The summed E-state index contributed by atoms with van der Waals surface area (Å²) in [4.78, 5) is 26.5. The normalized spacial score (nSPS) is 12.7. The highest BCUT2D eigenvalue weighted by molar-refractivity contribution is 5.98. The average molecular weight is 435 g/mol. The first-order chi connectivity index (χ1) is 15.5. The van der Waals surface area contributed by atoms with Crippen LogP contribution >= 0.6 is 0 Å². The molecule has 0 aromatic heterocycles. The molecule has 1 N–H and O–H groups in total. The number of hydrogen-bond donors (Lipinski definition) is 1. The van der Waals surface area contributed by atoms with Crippen molar-refractivity contribution in [1.29, 1.82) is 0 Å². The Bertz CT molecular complexity index is 1130. The van der Waals surface area contributed by atoms with Crippen molar-refractivity contribution in [2.75, 3.05) is 31.2 Å². The van der Waals surface area contributed by atoms with Crippen LogP contribution in [0.2, 0.25) is 0 Å². The summed E-state index contributed by atoms with van der Waals surface area (Å²) in [5.41, 5.74) is 1.21. The highest BCUT2D eigenvalue weighted by atomic mass is 16.7. The molecule has 0 aliphatic carbocycles. The van der Waals surface area contributed by atoms with Crippen LogP contribution in [0.1, 0.15) is 11.6 Å². The van der Waals surface area contributed by atoms with E-state index >= 15 is 0 Å². The maximum atomic E-state index is 13.5. The third-order valence-electron chi connectivity index (χ3n) is 5.17. The van der Waals surface area contributed by atoms with Gasteiger partial charge in [0.2, 0.25) is 6.79 Å². The molecule has 32 heavy (non-hydrogen) atoms. The summed E-state index contributed by atoms with van der Waals surface area (Å²) in [6.07, 6.45) is 0. The number of nitro groups is 1. The number of carbonyl (C=O) groups is 1. The molecule has 0 saturated carbocycles. The molecule has 1 heterocycles. The number of nitrogens with one attached hydrogen (secondary N) is 1. The molecule has 4 rings (SSSR count). The molecule has 0 fully saturated rings. The topological polar surface area (TPSA) is 103 Å². The van der Waals surface area contributed by atoms with Gasteiger partial charge >= 0.3 is 0 Å². The summed E-state index contributed by atoms with van der Waals surface area (Å²) >= 11 is 0. The predicted molar refractivity (Wildman–Crippen MR) is 118 cm³/mol. The Labute approximate surface area is 184 Å². The summed E-state index contributed by atoms with van der Waals surface area (Å²) in [6, 6.07) is 17.8. The first-order valence-electron chi connectivity index (χ1n) is 9.78. The van der Waals surface area contributed by atoms with E-state index in [1.165, 1.54) is 12.1 Å². The molecule has 0 radical (unpaired) electrons. The molecule has 0 bridgehead atoms. The minimum atomic E-state index is -1.02. The standard InChI is InChI=1S/C23H21N3O6/c1-25(16-6-4-3-5-7-16)22(23(27)24-15-8-10-17(30-2)11-9-15)18-12-20-21(32-14-31-20)13-19(18)26(28)29/h3-13,22H,14H2,1-2H3,(H,24,27)/t22-/m0/s1. The lowest BCUT2D eigenvalue weighted by Crippen LogP contribution is -2.35. The molecule has 9 nitrogen and oxygen atoms in total. The van der Waals surface area contributed by atoms with E-state index in [-0.39, 0.29) is 23.8 Å². The van der Waals surface area contributed by atoms with Crippen LogP contribution in [0.25, 0.3) is 0 Å². The van der Waals surface area contributed by atoms with Gasteiger partial charge in [-0.05, 0) is 42.5 Å². The monoisotopic (exact) mass is 435 g/mol. The number of rotatable bonds is 7. The molecule has 0 spiro atoms. The maximum Gasteiger partial charge on any atom is 0.279 e. The van der Waals surface area contributed by atoms with Gasteiger partial charge in [0.15, 0.2) is 11.5 Å². The van der Waals surface area contributed by atoms with Crippen molar-refractivity contribution < 1.29 is 23.9 Å². The van der Waals surface area contributed by atoms with Crippen molar-refractivity contribution in [1.82, 2.24) is 0 Å². The molecular weight excluding hydrogens is 414 g/mol. The lowest BCUT2D eigenvalue weighted by Gasteiger charge is -2.29. The molecule has 1 amide bonds. The third-order valence-corrected chi connectivity index (χ3v) is 5.17. The number of anilines is 2. The molecule has 164 valence electrons. The van der Waals surface area contributed by atoms with Crippen molar-refractivity contribution in [2.45, 2.75) is 6.04 Å². The van der Waals surface area contributed by atoms with Crippen LogP contribution in [0, 0.1) is 10.1 Å². The summed E-state index contributed by atoms with van der Waals surface area (Å²) in [5, 5.41) is 14.7. The molecule has 0 saturated heterocycles. The molecule has 0 unspecified atom stereocenters. The van der Waals surface area contributed by atoms with Gasteiger partial charge in [-0.2, -0.15) is 0 Å². The van der Waals surface area contributed by atoms with Crippen molar-refractivity contribution >= 4 is 23.0 Å². The van der Waals surface area contributed by atoms with E-state index in [2.05, 4.69) is 5.32 Å². The number of fused-ring (bicyclic) bond motifs is 1. The van der Waals surface area contributed by atoms with Gasteiger partial charge in [-0.25, -0.2) is 0 Å². The fourth-order valence-electron chi connectivity index (χ4n) is 3.55. The lowest BCUT2D eigenvalue weighted by atomic mass is 10.0. The van der Waals surface area contributed by atoms with Crippen LogP contribution in [0.15, 0.2) is 66.7 Å². The Morgan fingerprint density at radius 3 is 2.38 bits per heavy atom. The number of para-hydroxylation sites is 1. The smallest absolute Gasteiger partial charge is 0.279 e. The Balaban J connectivity index is 1.77. The van der Waals surface area contributed by atoms with Gasteiger partial charge in [0, 0.05) is 18.4 Å². The summed E-state index contributed by atoms with van der Waals surface area (Å²) < 4.78 is 15.9. The summed E-state index contributed by atoms with van der Waals surface area (Å²) in [7, 11) is 3.26. The minimum absolute atomic E-state index is 0.0345. The highest BCUT2D eigenvalue weighted by Gasteiger charge is 2.35. The first-order valence-corrected chi connectivity index (χ1v) is 9.78. The molecular formula is C23H21N3O6. The Hall–Kier alpha value is -4.27. The van der Waals surface area contributed by atoms with Gasteiger partial charge in [0.25, 0.3) is 11.6 Å². The third kappa shape index (κ3) is 4.13. The second kappa shape index (κ2) is 8.84. The fourth-order valence-corrected chi connectivity index (χ4v) is 3.55. The minimum Gasteiger partial charge on any atom is -0.497 e. The van der Waals surface area contributed by atoms with E-state index in [1.54, 1.807) is 43.3 Å². The van der Waals surface area contributed by atoms with E-state index in [0.29, 0.717) is 22.9 Å². The van der Waals surface area contributed by atoms with Crippen LogP contribution in [0.3, 0.4) is 0 Å². The predicted octanol–water partition coefficient (Wildman–Crippen LogP) is 4.15. The van der Waals surface area contributed by atoms with E-state index in [9.17, 15) is 14.9 Å². The van der Waals surface area contributed by atoms with Crippen LogP contribution in [-0.2, 0) is 4.79 Å². The van der Waals surface area contributed by atoms with E-state index in [1.807, 2.05) is 30.3 Å². The van der Waals surface area contributed by atoms with Crippen LogP contribution in [0.4, 0.5) is 17.1 Å². The van der Waals surface area contributed by atoms with Crippen LogP contribution in [-0.4, -0.2) is 31.8 Å². The Kier molecular flexibility index (Phi) is 5.80. The molecule has 1 aliphatic rings. The number of amides is 1. The number of methoxy groups -OCH3 is 1. The zero-order valence-corrected chi connectivity index (χ0v) is 17.5. The Morgan fingerprint density at radius 2 is 1.75 bits per heavy atom. The van der Waals surface area contributed by atoms with Gasteiger partial charge in [0.05, 0.1) is 23.7 Å². The van der Waals surface area contributed by atoms with E-state index < -0.39 is 16.9 Å². The molecule has 3 aromatic rings. The number of benzene rings is 3. The number of carbonyl (C=O) groups excluding carboxylic acids is 1. The number of likely N-dealkylation sites (N-methyl/N-ethyl adjacent to an activating group) is 1. The van der Waals surface area contributed by atoms with Gasteiger partial charge in [-0.15, -0.1) is 0 Å². The van der Waals surface area contributed by atoms with Crippen LogP contribution in [0.5, 0.6) is 17.2 Å². The number of ether oxygens (including phenoxy) is 3. The first kappa shape index (κ1) is 21.0. The number of nitro benzene ring substituents is 1. The number of hydrogen-bond acceptors (Lipinski definition) is 7. The van der Waals surface area contributed by atoms with E-state index in [4.69, 9.17) is 14.2 Å². The summed E-state index contributed by atoms with van der Waals surface area (Å²) in [6.45, 7) is -0.0345. The van der Waals surface area contributed by atoms with Gasteiger partial charge in [0.1, 0.15) is 11.8 Å². The molecule has 9 heteroatoms. The fraction of sp³-hybridized carbons (Fsp3) is 0.174. The van der Waals surface area contributed by atoms with Gasteiger partial charge < -0.3 is 24.4 Å². The zero-order chi connectivity index (χ0) is 22.7. The Morgan fingerprint density at radius 1 is 1.09 bits per heavy atom. The van der Waals surface area contributed by atoms with Crippen molar-refractivity contribution in [3.63, 3.8) is 0 Å². The maximum absolute atomic E-state index is 13.5. The second-order valence-electron chi connectivity index (χ2n) is 7.09.